The van der Waals surface area contributed by atoms with Crippen molar-refractivity contribution >= 4 is 18.2 Å². The maximum atomic E-state index is 3.99. The van der Waals surface area contributed by atoms with E-state index in [2.05, 4.69) is 26.9 Å². The number of rotatable bonds is 4. The van der Waals surface area contributed by atoms with Crippen LogP contribution in [0.5, 0.6) is 0 Å². The predicted molar refractivity (Wildman–Crippen MR) is 70.8 cm³/mol. The van der Waals surface area contributed by atoms with Crippen molar-refractivity contribution in [3.63, 3.8) is 0 Å². The number of nitrogens with one attached hydrogen (secondary N) is 1. The summed E-state index contributed by atoms with van der Waals surface area (Å²) in [5.74, 6) is 0. The molecule has 0 aromatic rings. The molecule has 2 unspecified atom stereocenters. The highest BCUT2D eigenvalue weighted by molar-refractivity contribution is 6.68. The monoisotopic (exact) mass is 243 g/mol. The quantitative estimate of drug-likeness (QED) is 0.724. The molecule has 2 fully saturated rings. The Morgan fingerprint density at radius 1 is 0.733 bits per heavy atom. The van der Waals surface area contributed by atoms with E-state index in [-0.39, 0.29) is 0 Å². The first-order valence-corrected chi connectivity index (χ1v) is 11.0. The maximum absolute atomic E-state index is 3.99. The summed E-state index contributed by atoms with van der Waals surface area (Å²) in [5, 5.41) is 0. The van der Waals surface area contributed by atoms with E-state index >= 15 is 0 Å². The maximum Gasteiger partial charge on any atom is 0.178 e. The second-order valence-electron chi connectivity index (χ2n) is 5.00. The van der Waals surface area contributed by atoms with Crippen LogP contribution in [0.3, 0.4) is 0 Å². The number of nitrogens with zero attached hydrogens (tertiary/aromatic N) is 2. The fraction of sp³-hybridized carbons (Fsp3) is 1.00. The zero-order valence-corrected chi connectivity index (χ0v) is 12.5. The highest BCUT2D eigenvalue weighted by Crippen LogP contribution is 2.11. The van der Waals surface area contributed by atoms with E-state index < -0.39 is 18.2 Å². The Hall–Kier alpha value is 0.314. The number of hydrogen-bond acceptors (Lipinski definition) is 3. The van der Waals surface area contributed by atoms with Gasteiger partial charge in [-0.25, -0.2) is 0 Å². The van der Waals surface area contributed by atoms with E-state index in [1.54, 1.807) is 0 Å². The van der Waals surface area contributed by atoms with E-state index in [1.165, 1.54) is 51.9 Å². The van der Waals surface area contributed by atoms with Crippen LogP contribution in [0, 0.1) is 0 Å². The summed E-state index contributed by atoms with van der Waals surface area (Å²) in [6, 6.07) is 0. The van der Waals surface area contributed by atoms with Crippen molar-refractivity contribution < 1.29 is 0 Å². The van der Waals surface area contributed by atoms with Crippen molar-refractivity contribution in [3.05, 3.63) is 0 Å². The van der Waals surface area contributed by atoms with Gasteiger partial charge in [0, 0.05) is 0 Å². The molecule has 1 N–H and O–H groups in total. The van der Waals surface area contributed by atoms with Crippen molar-refractivity contribution in [2.24, 2.45) is 0 Å². The minimum absolute atomic E-state index is 0.765. The van der Waals surface area contributed by atoms with E-state index in [9.17, 15) is 0 Å². The highest BCUT2D eigenvalue weighted by Gasteiger charge is 2.25. The lowest BCUT2D eigenvalue weighted by Crippen LogP contribution is -2.57. The Morgan fingerprint density at radius 3 is 1.40 bits per heavy atom. The standard InChI is InChI=1S/C10H25N3Si2/c1-14(12-7-3-4-8-12)11-15(2)13-9-5-6-10-13/h11,14-15H,3-10H2,1-2H3. The Labute approximate surface area is 97.4 Å². The van der Waals surface area contributed by atoms with Crippen molar-refractivity contribution in [1.82, 2.24) is 13.8 Å². The van der Waals surface area contributed by atoms with E-state index in [0.717, 1.165) is 0 Å². The molecule has 0 spiro atoms. The molecular formula is C10H25N3Si2. The van der Waals surface area contributed by atoms with E-state index in [4.69, 9.17) is 0 Å². The molecule has 0 aromatic heterocycles. The van der Waals surface area contributed by atoms with Gasteiger partial charge in [0.25, 0.3) is 0 Å². The van der Waals surface area contributed by atoms with Gasteiger partial charge >= 0.3 is 0 Å². The van der Waals surface area contributed by atoms with Gasteiger partial charge in [-0.05, 0) is 65.0 Å². The van der Waals surface area contributed by atoms with Crippen LogP contribution in [-0.2, 0) is 0 Å². The molecule has 2 rings (SSSR count). The summed E-state index contributed by atoms with van der Waals surface area (Å²) in [6.07, 6.45) is 5.72. The van der Waals surface area contributed by atoms with Gasteiger partial charge in [-0.1, -0.05) is 0 Å². The first-order chi connectivity index (χ1) is 7.27. The third kappa shape index (κ3) is 3.13. The molecule has 15 heavy (non-hydrogen) atoms. The second kappa shape index (κ2) is 5.59. The van der Waals surface area contributed by atoms with Gasteiger partial charge < -0.3 is 13.8 Å². The van der Waals surface area contributed by atoms with Crippen molar-refractivity contribution in [2.45, 2.75) is 38.8 Å². The molecule has 0 radical (unpaired) electrons. The second-order valence-corrected chi connectivity index (χ2v) is 10.5. The van der Waals surface area contributed by atoms with Gasteiger partial charge in [0.15, 0.2) is 18.2 Å². The third-order valence-electron chi connectivity index (χ3n) is 3.86. The SMILES string of the molecule is C[SiH](N[SiH](C)N1CCCC1)N1CCCC1. The molecule has 2 aliphatic rings. The fourth-order valence-corrected chi connectivity index (χ4v) is 9.58. The molecule has 88 valence electrons. The first-order valence-electron chi connectivity index (χ1n) is 6.51. The Morgan fingerprint density at radius 2 is 1.07 bits per heavy atom. The van der Waals surface area contributed by atoms with Crippen LogP contribution in [0.2, 0.25) is 13.1 Å². The van der Waals surface area contributed by atoms with Crippen LogP contribution in [-0.4, -0.2) is 53.5 Å². The smallest absolute Gasteiger partial charge is 0.178 e. The van der Waals surface area contributed by atoms with Gasteiger partial charge in [-0.3, -0.25) is 0 Å². The van der Waals surface area contributed by atoms with Crippen LogP contribution >= 0.6 is 0 Å². The minimum Gasteiger partial charge on any atom is -0.340 e. The summed E-state index contributed by atoms with van der Waals surface area (Å²) in [5.41, 5.74) is 0. The molecule has 0 aromatic carbocycles. The van der Waals surface area contributed by atoms with E-state index in [1.807, 2.05) is 0 Å². The van der Waals surface area contributed by atoms with Gasteiger partial charge in [0.1, 0.15) is 0 Å². The normalized spacial score (nSPS) is 28.4. The van der Waals surface area contributed by atoms with Gasteiger partial charge in [0.2, 0.25) is 0 Å². The lowest BCUT2D eigenvalue weighted by molar-refractivity contribution is 0.512. The lowest BCUT2D eigenvalue weighted by Gasteiger charge is -2.30. The van der Waals surface area contributed by atoms with Crippen LogP contribution in [0.1, 0.15) is 25.7 Å². The molecule has 2 aliphatic heterocycles. The van der Waals surface area contributed by atoms with Crippen molar-refractivity contribution in [1.29, 1.82) is 0 Å². The van der Waals surface area contributed by atoms with Crippen LogP contribution in [0.15, 0.2) is 0 Å². The number of hydrogen-bond donors (Lipinski definition) is 1. The average Bonchev–Trinajstić information content (AvgIpc) is 2.91. The molecule has 0 amide bonds. The Balaban J connectivity index is 1.74. The largest absolute Gasteiger partial charge is 0.340 e. The summed E-state index contributed by atoms with van der Waals surface area (Å²) in [4.78, 5) is 0. The van der Waals surface area contributed by atoms with E-state index in [0.29, 0.717) is 0 Å². The summed E-state index contributed by atoms with van der Waals surface area (Å²) in [7, 11) is -1.53. The molecule has 0 aliphatic carbocycles. The first kappa shape index (κ1) is 11.8. The molecule has 0 saturated carbocycles. The molecule has 2 atom stereocenters. The van der Waals surface area contributed by atoms with Crippen LogP contribution in [0.25, 0.3) is 0 Å². The highest BCUT2D eigenvalue weighted by atomic mass is 28.4. The van der Waals surface area contributed by atoms with Crippen molar-refractivity contribution in [3.8, 4) is 0 Å². The van der Waals surface area contributed by atoms with Crippen molar-refractivity contribution in [2.75, 3.05) is 26.2 Å². The summed E-state index contributed by atoms with van der Waals surface area (Å²) < 4.78 is 9.46. The molecule has 3 nitrogen and oxygen atoms in total. The van der Waals surface area contributed by atoms with Gasteiger partial charge in [-0.15, -0.1) is 0 Å². The molecule has 0 bridgehead atoms. The zero-order valence-electron chi connectivity index (χ0n) is 10.2. The fourth-order valence-electron chi connectivity index (χ4n) is 2.82. The average molecular weight is 244 g/mol. The Kier molecular flexibility index (Phi) is 4.39. The third-order valence-corrected chi connectivity index (χ3v) is 10.9. The zero-order chi connectivity index (χ0) is 10.7. The molecule has 2 heterocycles. The minimum atomic E-state index is -0.765. The molecular weight excluding hydrogens is 218 g/mol. The topological polar surface area (TPSA) is 18.5 Å². The summed E-state index contributed by atoms with van der Waals surface area (Å²) in [6.45, 7) is 10.4. The Bertz CT molecular complexity index is 171. The lowest BCUT2D eigenvalue weighted by atomic mass is 10.4. The molecule has 5 heteroatoms. The van der Waals surface area contributed by atoms with Crippen LogP contribution in [0.4, 0.5) is 0 Å². The van der Waals surface area contributed by atoms with Gasteiger partial charge in [-0.2, -0.15) is 0 Å². The van der Waals surface area contributed by atoms with Gasteiger partial charge in [0.05, 0.1) is 0 Å². The molecule has 2 saturated heterocycles. The van der Waals surface area contributed by atoms with Crippen LogP contribution < -0.4 is 4.65 Å². The summed E-state index contributed by atoms with van der Waals surface area (Å²) >= 11 is 0. The predicted octanol–water partition coefficient (Wildman–Crippen LogP) is 0.468.